The van der Waals surface area contributed by atoms with E-state index in [1.807, 2.05) is 25.1 Å². The minimum atomic E-state index is -0.0473. The van der Waals surface area contributed by atoms with Crippen LogP contribution in [0.5, 0.6) is 5.75 Å². The summed E-state index contributed by atoms with van der Waals surface area (Å²) in [5.74, 6) is 2.06. The van der Waals surface area contributed by atoms with Gasteiger partial charge in [0, 0.05) is 13.3 Å². The quantitative estimate of drug-likeness (QED) is 0.785. The molecule has 0 fully saturated rings. The first-order valence-electron chi connectivity index (χ1n) is 6.25. The van der Waals surface area contributed by atoms with Crippen molar-refractivity contribution >= 4 is 5.78 Å². The summed E-state index contributed by atoms with van der Waals surface area (Å²) in [7, 11) is 1.67. The molecule has 0 saturated carbocycles. The number of carbonyl (C=O) groups is 1. The Labute approximate surface area is 113 Å². The molecule has 100 valence electrons. The summed E-state index contributed by atoms with van der Waals surface area (Å²) in [6.07, 6.45) is 0.684. The third kappa shape index (κ3) is 2.70. The van der Waals surface area contributed by atoms with Crippen molar-refractivity contribution in [1.29, 1.82) is 0 Å². The fraction of sp³-hybridized carbons (Fsp3) is 0.312. The number of methoxy groups -OCH3 is 1. The molecule has 2 rings (SSSR count). The molecule has 1 aromatic heterocycles. The van der Waals surface area contributed by atoms with E-state index in [2.05, 4.69) is 6.92 Å². The van der Waals surface area contributed by atoms with E-state index < -0.39 is 0 Å². The van der Waals surface area contributed by atoms with E-state index in [0.717, 1.165) is 17.1 Å². The monoisotopic (exact) mass is 258 g/mol. The van der Waals surface area contributed by atoms with Crippen molar-refractivity contribution in [3.05, 3.63) is 52.5 Å². The molecule has 0 amide bonds. The lowest BCUT2D eigenvalue weighted by Crippen LogP contribution is -1.96. The molecule has 1 aromatic carbocycles. The summed E-state index contributed by atoms with van der Waals surface area (Å²) >= 11 is 0. The highest BCUT2D eigenvalue weighted by Crippen LogP contribution is 2.26. The summed E-state index contributed by atoms with van der Waals surface area (Å²) in [6.45, 7) is 5.62. The highest BCUT2D eigenvalue weighted by molar-refractivity contribution is 5.91. The van der Waals surface area contributed by atoms with E-state index in [-0.39, 0.29) is 5.78 Å². The SMILES string of the molecule is COc1ccc(Cc2ccc(C(C)=O)o2)c(C)c1C. The van der Waals surface area contributed by atoms with Gasteiger partial charge in [0.05, 0.1) is 7.11 Å². The van der Waals surface area contributed by atoms with Crippen LogP contribution in [0.1, 0.15) is 39.9 Å². The number of ketones is 1. The lowest BCUT2D eigenvalue weighted by Gasteiger charge is -2.11. The number of rotatable bonds is 4. The van der Waals surface area contributed by atoms with Crippen LogP contribution in [0.15, 0.2) is 28.7 Å². The van der Waals surface area contributed by atoms with Gasteiger partial charge in [0.2, 0.25) is 0 Å². The van der Waals surface area contributed by atoms with Crippen LogP contribution in [0, 0.1) is 13.8 Å². The summed E-state index contributed by atoms with van der Waals surface area (Å²) in [5, 5.41) is 0. The maximum absolute atomic E-state index is 11.2. The molecule has 0 unspecified atom stereocenters. The first-order chi connectivity index (χ1) is 9.02. The minimum absolute atomic E-state index is 0.0473. The number of furan rings is 1. The van der Waals surface area contributed by atoms with E-state index in [1.54, 1.807) is 13.2 Å². The lowest BCUT2D eigenvalue weighted by molar-refractivity contribution is 0.0985. The van der Waals surface area contributed by atoms with Crippen LogP contribution in [-0.4, -0.2) is 12.9 Å². The molecule has 0 saturated heterocycles. The highest BCUT2D eigenvalue weighted by Gasteiger charge is 2.11. The second-order valence-electron chi connectivity index (χ2n) is 4.68. The second-order valence-corrected chi connectivity index (χ2v) is 4.68. The predicted octanol–water partition coefficient (Wildman–Crippen LogP) is 3.70. The molecule has 1 heterocycles. The van der Waals surface area contributed by atoms with E-state index in [0.29, 0.717) is 12.2 Å². The number of hydrogen-bond acceptors (Lipinski definition) is 3. The second kappa shape index (κ2) is 5.31. The fourth-order valence-electron chi connectivity index (χ4n) is 2.11. The molecule has 0 spiro atoms. The zero-order chi connectivity index (χ0) is 14.0. The Morgan fingerprint density at radius 1 is 1.16 bits per heavy atom. The van der Waals surface area contributed by atoms with Crippen LogP contribution in [0.3, 0.4) is 0 Å². The largest absolute Gasteiger partial charge is 0.496 e. The van der Waals surface area contributed by atoms with Gasteiger partial charge in [-0.3, -0.25) is 4.79 Å². The molecule has 3 heteroatoms. The molecule has 0 aliphatic carbocycles. The molecule has 2 aromatic rings. The maximum atomic E-state index is 11.2. The molecule has 0 bridgehead atoms. The van der Waals surface area contributed by atoms with E-state index >= 15 is 0 Å². The summed E-state index contributed by atoms with van der Waals surface area (Å²) < 4.78 is 10.8. The molecule has 0 aliphatic rings. The Kier molecular flexibility index (Phi) is 3.74. The van der Waals surface area contributed by atoms with Crippen LogP contribution >= 0.6 is 0 Å². The third-order valence-corrected chi connectivity index (χ3v) is 3.44. The van der Waals surface area contributed by atoms with Crippen molar-refractivity contribution in [3.8, 4) is 5.75 Å². The van der Waals surface area contributed by atoms with Gasteiger partial charge in [-0.1, -0.05) is 6.07 Å². The average molecular weight is 258 g/mol. The summed E-state index contributed by atoms with van der Waals surface area (Å²) in [6, 6.07) is 7.59. The van der Waals surface area contributed by atoms with Crippen LogP contribution in [0.2, 0.25) is 0 Å². The van der Waals surface area contributed by atoms with E-state index in [4.69, 9.17) is 9.15 Å². The molecular weight excluding hydrogens is 240 g/mol. The standard InChI is InChI=1S/C16H18O3/c1-10-11(2)15(18-4)7-5-13(10)9-14-6-8-16(19-14)12(3)17/h5-8H,9H2,1-4H3. The molecular formula is C16H18O3. The summed E-state index contributed by atoms with van der Waals surface area (Å²) in [4.78, 5) is 11.2. The van der Waals surface area contributed by atoms with Crippen molar-refractivity contribution in [1.82, 2.24) is 0 Å². The van der Waals surface area contributed by atoms with Crippen LogP contribution in [0.25, 0.3) is 0 Å². The maximum Gasteiger partial charge on any atom is 0.194 e. The Morgan fingerprint density at radius 2 is 1.89 bits per heavy atom. The van der Waals surface area contributed by atoms with E-state index in [9.17, 15) is 4.79 Å². The van der Waals surface area contributed by atoms with Crippen molar-refractivity contribution in [2.24, 2.45) is 0 Å². The number of hydrogen-bond donors (Lipinski definition) is 0. The van der Waals surface area contributed by atoms with Gasteiger partial charge in [-0.25, -0.2) is 0 Å². The Hall–Kier alpha value is -2.03. The lowest BCUT2D eigenvalue weighted by atomic mass is 9.99. The number of carbonyl (C=O) groups excluding carboxylic acids is 1. The van der Waals surface area contributed by atoms with Gasteiger partial charge < -0.3 is 9.15 Å². The predicted molar refractivity (Wildman–Crippen MR) is 74.0 cm³/mol. The zero-order valence-electron chi connectivity index (χ0n) is 11.7. The van der Waals surface area contributed by atoms with Crippen molar-refractivity contribution in [3.63, 3.8) is 0 Å². The van der Waals surface area contributed by atoms with E-state index in [1.165, 1.54) is 18.1 Å². The normalized spacial score (nSPS) is 10.5. The number of Topliss-reactive ketones (excluding diaryl/α,β-unsaturated/α-hetero) is 1. The third-order valence-electron chi connectivity index (χ3n) is 3.44. The average Bonchev–Trinajstić information content (AvgIpc) is 2.84. The van der Waals surface area contributed by atoms with Gasteiger partial charge in [0.15, 0.2) is 11.5 Å². The van der Waals surface area contributed by atoms with Crippen LogP contribution in [-0.2, 0) is 6.42 Å². The van der Waals surface area contributed by atoms with Gasteiger partial charge in [0.1, 0.15) is 11.5 Å². The number of ether oxygens (including phenoxy) is 1. The Bertz CT molecular complexity index is 608. The van der Waals surface area contributed by atoms with Gasteiger partial charge in [-0.15, -0.1) is 0 Å². The fourth-order valence-corrected chi connectivity index (χ4v) is 2.11. The molecule has 19 heavy (non-hydrogen) atoms. The first kappa shape index (κ1) is 13.4. The Balaban J connectivity index is 2.28. The first-order valence-corrected chi connectivity index (χ1v) is 6.25. The van der Waals surface area contributed by atoms with Crippen molar-refractivity contribution in [2.75, 3.05) is 7.11 Å². The van der Waals surface area contributed by atoms with Gasteiger partial charge >= 0.3 is 0 Å². The van der Waals surface area contributed by atoms with Gasteiger partial charge in [-0.05, 0) is 48.7 Å². The van der Waals surface area contributed by atoms with Gasteiger partial charge in [-0.2, -0.15) is 0 Å². The van der Waals surface area contributed by atoms with Gasteiger partial charge in [0.25, 0.3) is 0 Å². The van der Waals surface area contributed by atoms with Crippen molar-refractivity contribution in [2.45, 2.75) is 27.2 Å². The van der Waals surface area contributed by atoms with Crippen molar-refractivity contribution < 1.29 is 13.9 Å². The zero-order valence-corrected chi connectivity index (χ0v) is 11.7. The Morgan fingerprint density at radius 3 is 2.47 bits per heavy atom. The molecule has 0 aliphatic heterocycles. The molecule has 0 N–H and O–H groups in total. The topological polar surface area (TPSA) is 39.4 Å². The molecule has 0 atom stereocenters. The smallest absolute Gasteiger partial charge is 0.194 e. The summed E-state index contributed by atoms with van der Waals surface area (Å²) in [5.41, 5.74) is 3.52. The number of benzene rings is 1. The molecule has 3 nitrogen and oxygen atoms in total. The van der Waals surface area contributed by atoms with Crippen LogP contribution < -0.4 is 4.74 Å². The van der Waals surface area contributed by atoms with Crippen LogP contribution in [0.4, 0.5) is 0 Å². The highest BCUT2D eigenvalue weighted by atomic mass is 16.5. The minimum Gasteiger partial charge on any atom is -0.496 e. The molecule has 0 radical (unpaired) electrons.